The largest absolute Gasteiger partial charge is 0.469 e. The number of hydrogen-bond acceptors (Lipinski definition) is 1. The third kappa shape index (κ3) is 1.39. The van der Waals surface area contributed by atoms with Crippen molar-refractivity contribution in [1.29, 1.82) is 0 Å². The molecule has 0 bridgehead atoms. The maximum absolute atomic E-state index is 5.48. The first-order valence-corrected chi connectivity index (χ1v) is 5.90. The molecule has 0 amide bonds. The van der Waals surface area contributed by atoms with E-state index < -0.39 is 0 Å². The molecule has 0 radical (unpaired) electrons. The molecule has 0 unspecified atom stereocenters. The van der Waals surface area contributed by atoms with Crippen LogP contribution in [0.1, 0.15) is 13.8 Å². The van der Waals surface area contributed by atoms with Gasteiger partial charge in [0.05, 0.1) is 6.26 Å². The van der Waals surface area contributed by atoms with E-state index in [9.17, 15) is 0 Å². The van der Waals surface area contributed by atoms with Gasteiger partial charge in [-0.2, -0.15) is 0 Å². The molecule has 1 heteroatoms. The van der Waals surface area contributed by atoms with Gasteiger partial charge in [-0.3, -0.25) is 0 Å². The summed E-state index contributed by atoms with van der Waals surface area (Å²) in [5.74, 6) is 2.57. The SMILES string of the molecule is CC(C)C1=C[C@H]2C(=CC=C3OC=C[C@@H]32)C=C1. The van der Waals surface area contributed by atoms with Gasteiger partial charge < -0.3 is 4.74 Å². The molecule has 1 heterocycles. The second-order valence-corrected chi connectivity index (χ2v) is 4.89. The summed E-state index contributed by atoms with van der Waals surface area (Å²) in [4.78, 5) is 0. The van der Waals surface area contributed by atoms with Gasteiger partial charge in [0.1, 0.15) is 5.76 Å². The van der Waals surface area contributed by atoms with Gasteiger partial charge >= 0.3 is 0 Å². The predicted molar refractivity (Wildman–Crippen MR) is 65.4 cm³/mol. The van der Waals surface area contributed by atoms with Crippen molar-refractivity contribution in [1.82, 2.24) is 0 Å². The first-order chi connectivity index (χ1) is 7.75. The number of allylic oxidation sites excluding steroid dienone is 8. The van der Waals surface area contributed by atoms with Crippen LogP contribution in [0.4, 0.5) is 0 Å². The lowest BCUT2D eigenvalue weighted by Crippen LogP contribution is -2.19. The van der Waals surface area contributed by atoms with Crippen molar-refractivity contribution in [2.45, 2.75) is 13.8 Å². The van der Waals surface area contributed by atoms with Crippen LogP contribution in [0.5, 0.6) is 0 Å². The van der Waals surface area contributed by atoms with Crippen molar-refractivity contribution in [3.05, 3.63) is 59.6 Å². The van der Waals surface area contributed by atoms with E-state index in [0.29, 0.717) is 17.8 Å². The molecule has 0 fully saturated rings. The Labute approximate surface area is 96.5 Å². The molecular formula is C15H16O. The predicted octanol–water partition coefficient (Wildman–Crippen LogP) is 3.74. The van der Waals surface area contributed by atoms with Crippen LogP contribution >= 0.6 is 0 Å². The van der Waals surface area contributed by atoms with Crippen LogP contribution < -0.4 is 0 Å². The van der Waals surface area contributed by atoms with Gasteiger partial charge in [-0.1, -0.05) is 38.2 Å². The van der Waals surface area contributed by atoms with E-state index in [1.807, 2.05) is 6.26 Å². The third-order valence-corrected chi connectivity index (χ3v) is 3.54. The summed E-state index contributed by atoms with van der Waals surface area (Å²) >= 11 is 0. The van der Waals surface area contributed by atoms with Crippen LogP contribution in [0.2, 0.25) is 0 Å². The molecule has 82 valence electrons. The molecule has 0 aromatic heterocycles. The molecule has 0 saturated heterocycles. The highest BCUT2D eigenvalue weighted by Crippen LogP contribution is 2.41. The average molecular weight is 212 g/mol. The van der Waals surface area contributed by atoms with Gasteiger partial charge in [0.25, 0.3) is 0 Å². The van der Waals surface area contributed by atoms with Gasteiger partial charge in [-0.15, -0.1) is 0 Å². The standard InChI is InChI=1S/C15H16O/c1-10(2)12-4-3-11-5-6-15-13(7-8-16-15)14(11)9-12/h3-10,13-14H,1-2H3/t13-,14+/m1/s1. The lowest BCUT2D eigenvalue weighted by Gasteiger charge is -2.28. The van der Waals surface area contributed by atoms with E-state index in [4.69, 9.17) is 4.74 Å². The Bertz CT molecular complexity index is 458. The quantitative estimate of drug-likeness (QED) is 0.643. The monoisotopic (exact) mass is 212 g/mol. The van der Waals surface area contributed by atoms with E-state index in [1.165, 1.54) is 11.1 Å². The Hall–Kier alpha value is -1.50. The van der Waals surface area contributed by atoms with Gasteiger partial charge in [0, 0.05) is 11.8 Å². The first-order valence-electron chi connectivity index (χ1n) is 5.90. The summed E-state index contributed by atoms with van der Waals surface area (Å²) in [6, 6.07) is 0. The minimum Gasteiger partial charge on any atom is -0.469 e. The van der Waals surface area contributed by atoms with Gasteiger partial charge in [0.15, 0.2) is 0 Å². The molecule has 3 aliphatic rings. The van der Waals surface area contributed by atoms with Crippen molar-refractivity contribution in [2.75, 3.05) is 0 Å². The van der Waals surface area contributed by atoms with Crippen molar-refractivity contribution < 1.29 is 4.74 Å². The Morgan fingerprint density at radius 3 is 2.81 bits per heavy atom. The summed E-state index contributed by atoms with van der Waals surface area (Å²) < 4.78 is 5.48. The average Bonchev–Trinajstić information content (AvgIpc) is 2.76. The fraction of sp³-hybridized carbons (Fsp3) is 0.333. The fourth-order valence-corrected chi connectivity index (χ4v) is 2.53. The van der Waals surface area contributed by atoms with Gasteiger partial charge in [-0.25, -0.2) is 0 Å². The summed E-state index contributed by atoms with van der Waals surface area (Å²) in [6.07, 6.45) is 15.1. The second kappa shape index (κ2) is 3.51. The third-order valence-electron chi connectivity index (χ3n) is 3.54. The van der Waals surface area contributed by atoms with Crippen molar-refractivity contribution >= 4 is 0 Å². The van der Waals surface area contributed by atoms with Gasteiger partial charge in [0.2, 0.25) is 0 Å². The molecule has 3 rings (SSSR count). The van der Waals surface area contributed by atoms with Crippen molar-refractivity contribution in [3.63, 3.8) is 0 Å². The van der Waals surface area contributed by atoms with E-state index in [2.05, 4.69) is 50.3 Å². The lowest BCUT2D eigenvalue weighted by atomic mass is 9.76. The summed E-state index contributed by atoms with van der Waals surface area (Å²) in [7, 11) is 0. The highest BCUT2D eigenvalue weighted by molar-refractivity contribution is 5.46. The highest BCUT2D eigenvalue weighted by atomic mass is 16.5. The van der Waals surface area contributed by atoms with E-state index in [-0.39, 0.29) is 0 Å². The van der Waals surface area contributed by atoms with Crippen LogP contribution in [0, 0.1) is 17.8 Å². The Kier molecular flexibility index (Phi) is 2.13. The Balaban J connectivity index is 1.99. The number of ether oxygens (including phenoxy) is 1. The molecule has 2 atom stereocenters. The molecule has 0 aromatic rings. The minimum atomic E-state index is 0.415. The number of rotatable bonds is 1. The van der Waals surface area contributed by atoms with E-state index in [1.54, 1.807) is 0 Å². The Morgan fingerprint density at radius 2 is 2.00 bits per heavy atom. The topological polar surface area (TPSA) is 9.23 Å². The molecule has 2 aliphatic carbocycles. The molecule has 16 heavy (non-hydrogen) atoms. The molecule has 0 aromatic carbocycles. The van der Waals surface area contributed by atoms with Crippen LogP contribution in [0.25, 0.3) is 0 Å². The molecule has 0 saturated carbocycles. The zero-order valence-electron chi connectivity index (χ0n) is 9.68. The smallest absolute Gasteiger partial charge is 0.111 e. The molecule has 0 spiro atoms. The number of fused-ring (bicyclic) bond motifs is 3. The molecule has 0 N–H and O–H groups in total. The zero-order chi connectivity index (χ0) is 11.1. The van der Waals surface area contributed by atoms with E-state index in [0.717, 1.165) is 5.76 Å². The molecular weight excluding hydrogens is 196 g/mol. The van der Waals surface area contributed by atoms with Crippen LogP contribution in [0.3, 0.4) is 0 Å². The van der Waals surface area contributed by atoms with E-state index >= 15 is 0 Å². The van der Waals surface area contributed by atoms with Crippen LogP contribution in [-0.2, 0) is 4.74 Å². The van der Waals surface area contributed by atoms with Crippen LogP contribution in [0.15, 0.2) is 59.6 Å². The normalized spacial score (nSPS) is 30.3. The number of hydrogen-bond donors (Lipinski definition) is 0. The van der Waals surface area contributed by atoms with Crippen molar-refractivity contribution in [3.8, 4) is 0 Å². The summed E-state index contributed by atoms with van der Waals surface area (Å²) in [5.41, 5.74) is 2.83. The molecule has 1 aliphatic heterocycles. The zero-order valence-corrected chi connectivity index (χ0v) is 9.68. The Morgan fingerprint density at radius 1 is 1.12 bits per heavy atom. The maximum atomic E-state index is 5.48. The highest BCUT2D eigenvalue weighted by Gasteiger charge is 2.31. The second-order valence-electron chi connectivity index (χ2n) is 4.89. The van der Waals surface area contributed by atoms with Crippen molar-refractivity contribution in [2.24, 2.45) is 17.8 Å². The first kappa shape index (κ1) is 9.71. The summed E-state index contributed by atoms with van der Waals surface area (Å²) in [6.45, 7) is 4.48. The minimum absolute atomic E-state index is 0.415. The molecule has 1 nitrogen and oxygen atoms in total. The lowest BCUT2D eigenvalue weighted by molar-refractivity contribution is 0.326. The fourth-order valence-electron chi connectivity index (χ4n) is 2.53. The summed E-state index contributed by atoms with van der Waals surface area (Å²) in [5, 5.41) is 0. The maximum Gasteiger partial charge on any atom is 0.111 e. The van der Waals surface area contributed by atoms with Crippen LogP contribution in [-0.4, -0.2) is 0 Å². The van der Waals surface area contributed by atoms with Gasteiger partial charge in [-0.05, 0) is 29.2 Å².